The van der Waals surface area contributed by atoms with Gasteiger partial charge >= 0.3 is 0 Å². The van der Waals surface area contributed by atoms with E-state index in [0.29, 0.717) is 22.9 Å². The van der Waals surface area contributed by atoms with E-state index in [2.05, 4.69) is 20.9 Å². The maximum absolute atomic E-state index is 12.3. The van der Waals surface area contributed by atoms with Crippen LogP contribution in [-0.2, 0) is 4.79 Å². The number of aromatic nitrogens is 1. The lowest BCUT2D eigenvalue weighted by Gasteiger charge is -2.31. The summed E-state index contributed by atoms with van der Waals surface area (Å²) in [5.41, 5.74) is 1.79. The third kappa shape index (κ3) is 5.42. The Morgan fingerprint density at radius 3 is 2.38 bits per heavy atom. The standard InChI is InChI=1S/C18H20N4O2.2ClH/c1-12(14-10-20-11-14)17(23)22-16-4-2-3-13(9-16)18(24)21-15-5-7-19-8-6-15;;/h2-9,12,14,20H,10-11H2,1H3,(H,22,23)(H,19,21,24);2*1H. The average Bonchev–Trinajstić information content (AvgIpc) is 2.54. The van der Waals surface area contributed by atoms with Crippen LogP contribution in [0.25, 0.3) is 0 Å². The number of nitrogens with one attached hydrogen (secondary N) is 3. The summed E-state index contributed by atoms with van der Waals surface area (Å²) < 4.78 is 0. The number of carbonyl (C=O) groups excluding carboxylic acids is 2. The molecular formula is C18H22Cl2N4O2. The van der Waals surface area contributed by atoms with E-state index in [1.54, 1.807) is 48.8 Å². The van der Waals surface area contributed by atoms with E-state index >= 15 is 0 Å². The number of rotatable bonds is 5. The van der Waals surface area contributed by atoms with Crippen molar-refractivity contribution in [2.45, 2.75) is 6.92 Å². The quantitative estimate of drug-likeness (QED) is 0.725. The molecule has 1 aromatic heterocycles. The van der Waals surface area contributed by atoms with Crippen LogP contribution >= 0.6 is 24.8 Å². The van der Waals surface area contributed by atoms with Gasteiger partial charge in [-0.15, -0.1) is 24.8 Å². The van der Waals surface area contributed by atoms with Gasteiger partial charge in [0.1, 0.15) is 0 Å². The lowest BCUT2D eigenvalue weighted by atomic mass is 9.88. The highest BCUT2D eigenvalue weighted by molar-refractivity contribution is 6.05. The Hall–Kier alpha value is -2.15. The minimum Gasteiger partial charge on any atom is -0.326 e. The van der Waals surface area contributed by atoms with E-state index < -0.39 is 0 Å². The molecule has 0 spiro atoms. The van der Waals surface area contributed by atoms with Crippen molar-refractivity contribution in [3.05, 3.63) is 54.4 Å². The summed E-state index contributed by atoms with van der Waals surface area (Å²) >= 11 is 0. The van der Waals surface area contributed by atoms with Crippen LogP contribution in [0.2, 0.25) is 0 Å². The normalized spacial score (nSPS) is 14.0. The van der Waals surface area contributed by atoms with E-state index in [0.717, 1.165) is 13.1 Å². The zero-order chi connectivity index (χ0) is 16.9. The molecule has 1 unspecified atom stereocenters. The Balaban J connectivity index is 0.00000169. The molecule has 1 aliphatic rings. The highest BCUT2D eigenvalue weighted by atomic mass is 35.5. The number of anilines is 2. The third-order valence-corrected chi connectivity index (χ3v) is 4.26. The van der Waals surface area contributed by atoms with E-state index in [1.165, 1.54) is 0 Å². The molecule has 140 valence electrons. The van der Waals surface area contributed by atoms with Gasteiger partial charge in [0.15, 0.2) is 0 Å². The molecule has 1 saturated heterocycles. The van der Waals surface area contributed by atoms with Crippen molar-refractivity contribution in [2.24, 2.45) is 11.8 Å². The molecule has 0 bridgehead atoms. The van der Waals surface area contributed by atoms with Gasteiger partial charge in [-0.2, -0.15) is 0 Å². The van der Waals surface area contributed by atoms with Crippen LogP contribution in [0.4, 0.5) is 11.4 Å². The summed E-state index contributed by atoms with van der Waals surface area (Å²) in [6.07, 6.45) is 3.23. The van der Waals surface area contributed by atoms with E-state index in [-0.39, 0.29) is 42.5 Å². The average molecular weight is 397 g/mol. The molecule has 3 N–H and O–H groups in total. The van der Waals surface area contributed by atoms with Crippen molar-refractivity contribution in [3.63, 3.8) is 0 Å². The fourth-order valence-corrected chi connectivity index (χ4v) is 2.51. The van der Waals surface area contributed by atoms with Crippen molar-refractivity contribution < 1.29 is 9.59 Å². The third-order valence-electron chi connectivity index (χ3n) is 4.26. The van der Waals surface area contributed by atoms with Crippen molar-refractivity contribution in [1.82, 2.24) is 10.3 Å². The summed E-state index contributed by atoms with van der Waals surface area (Å²) in [5.74, 6) is 0.0745. The molecule has 1 aliphatic heterocycles. The predicted octanol–water partition coefficient (Wildman–Crippen LogP) is 2.97. The molecule has 1 fully saturated rings. The Morgan fingerprint density at radius 2 is 1.77 bits per heavy atom. The van der Waals surface area contributed by atoms with Gasteiger partial charge in [-0.05, 0) is 49.3 Å². The SMILES string of the molecule is CC(C(=O)Nc1cccc(C(=O)Nc2ccncc2)c1)C1CNC1.Cl.Cl. The van der Waals surface area contributed by atoms with Crippen LogP contribution in [0.3, 0.4) is 0 Å². The second-order valence-corrected chi connectivity index (χ2v) is 5.97. The second-order valence-electron chi connectivity index (χ2n) is 5.97. The van der Waals surface area contributed by atoms with Gasteiger partial charge in [0.05, 0.1) is 0 Å². The molecular weight excluding hydrogens is 375 g/mol. The molecule has 0 aliphatic carbocycles. The van der Waals surface area contributed by atoms with Crippen molar-refractivity contribution >= 4 is 48.0 Å². The van der Waals surface area contributed by atoms with Crippen molar-refractivity contribution in [1.29, 1.82) is 0 Å². The fourth-order valence-electron chi connectivity index (χ4n) is 2.51. The molecule has 2 aromatic rings. The fraction of sp³-hybridized carbons (Fsp3) is 0.278. The van der Waals surface area contributed by atoms with Gasteiger partial charge in [-0.25, -0.2) is 0 Å². The molecule has 2 heterocycles. The highest BCUT2D eigenvalue weighted by Gasteiger charge is 2.28. The molecule has 6 nitrogen and oxygen atoms in total. The van der Waals surface area contributed by atoms with Gasteiger partial charge in [-0.3, -0.25) is 14.6 Å². The van der Waals surface area contributed by atoms with Crippen LogP contribution in [0.5, 0.6) is 0 Å². The van der Waals surface area contributed by atoms with E-state index in [9.17, 15) is 9.59 Å². The first-order valence-corrected chi connectivity index (χ1v) is 7.96. The van der Waals surface area contributed by atoms with Gasteiger partial charge in [-0.1, -0.05) is 13.0 Å². The summed E-state index contributed by atoms with van der Waals surface area (Å²) in [6, 6.07) is 10.4. The Kier molecular flexibility index (Phi) is 8.51. The number of amides is 2. The Labute approximate surface area is 165 Å². The maximum atomic E-state index is 12.3. The topological polar surface area (TPSA) is 83.1 Å². The number of hydrogen-bond donors (Lipinski definition) is 3. The number of halogens is 2. The number of benzene rings is 1. The number of carbonyl (C=O) groups is 2. The summed E-state index contributed by atoms with van der Waals surface area (Å²) in [6.45, 7) is 3.69. The van der Waals surface area contributed by atoms with Gasteiger partial charge in [0, 0.05) is 35.2 Å². The monoisotopic (exact) mass is 396 g/mol. The van der Waals surface area contributed by atoms with Gasteiger partial charge in [0.25, 0.3) is 5.91 Å². The first kappa shape index (κ1) is 21.9. The molecule has 3 rings (SSSR count). The highest BCUT2D eigenvalue weighted by Crippen LogP contribution is 2.19. The zero-order valence-electron chi connectivity index (χ0n) is 14.3. The Morgan fingerprint density at radius 1 is 1.08 bits per heavy atom. The predicted molar refractivity (Wildman–Crippen MR) is 107 cm³/mol. The maximum Gasteiger partial charge on any atom is 0.255 e. The number of hydrogen-bond acceptors (Lipinski definition) is 4. The Bertz CT molecular complexity index is 739. The molecule has 26 heavy (non-hydrogen) atoms. The van der Waals surface area contributed by atoms with Crippen LogP contribution in [0.15, 0.2) is 48.8 Å². The summed E-state index contributed by atoms with van der Waals surface area (Å²) in [7, 11) is 0. The van der Waals surface area contributed by atoms with Gasteiger partial charge in [0.2, 0.25) is 5.91 Å². The van der Waals surface area contributed by atoms with Crippen molar-refractivity contribution in [2.75, 3.05) is 23.7 Å². The number of pyridine rings is 1. The van der Waals surface area contributed by atoms with Crippen LogP contribution in [0.1, 0.15) is 17.3 Å². The molecule has 8 heteroatoms. The smallest absolute Gasteiger partial charge is 0.255 e. The first-order valence-electron chi connectivity index (χ1n) is 7.96. The lowest BCUT2D eigenvalue weighted by molar-refractivity contribution is -0.121. The second kappa shape index (κ2) is 10.1. The molecule has 1 aromatic carbocycles. The van der Waals surface area contributed by atoms with E-state index in [4.69, 9.17) is 0 Å². The first-order chi connectivity index (χ1) is 11.6. The molecule has 2 amide bonds. The van der Waals surface area contributed by atoms with Crippen LogP contribution < -0.4 is 16.0 Å². The largest absolute Gasteiger partial charge is 0.326 e. The minimum atomic E-state index is -0.228. The van der Waals surface area contributed by atoms with Crippen molar-refractivity contribution in [3.8, 4) is 0 Å². The zero-order valence-corrected chi connectivity index (χ0v) is 15.9. The van der Waals surface area contributed by atoms with Crippen LogP contribution in [-0.4, -0.2) is 29.9 Å². The lowest BCUT2D eigenvalue weighted by Crippen LogP contribution is -2.48. The summed E-state index contributed by atoms with van der Waals surface area (Å²) in [5, 5.41) is 8.86. The van der Waals surface area contributed by atoms with E-state index in [1.807, 2.05) is 6.92 Å². The molecule has 1 atom stereocenters. The van der Waals surface area contributed by atoms with Gasteiger partial charge < -0.3 is 16.0 Å². The molecule has 0 radical (unpaired) electrons. The number of nitrogens with zero attached hydrogens (tertiary/aromatic N) is 1. The summed E-state index contributed by atoms with van der Waals surface area (Å²) in [4.78, 5) is 28.5. The minimum absolute atomic E-state index is 0. The molecule has 0 saturated carbocycles. The van der Waals surface area contributed by atoms with Crippen LogP contribution in [0, 0.1) is 11.8 Å².